The van der Waals surface area contributed by atoms with E-state index in [-0.39, 0.29) is 21.6 Å². The third-order valence-electron chi connectivity index (χ3n) is 1.94. The van der Waals surface area contributed by atoms with Crippen LogP contribution in [0, 0.1) is 10.1 Å². The van der Waals surface area contributed by atoms with Gasteiger partial charge in [-0.2, -0.15) is 0 Å². The molecule has 16 heavy (non-hydrogen) atoms. The molecule has 1 atom stereocenters. The molecule has 0 aliphatic rings. The van der Waals surface area contributed by atoms with Crippen molar-refractivity contribution in [3.05, 3.63) is 16.3 Å². The van der Waals surface area contributed by atoms with Crippen molar-refractivity contribution in [1.29, 1.82) is 0 Å². The molecule has 1 heterocycles. The molecule has 6 nitrogen and oxygen atoms in total. The minimum Gasteiger partial charge on any atom is -0.257 e. The normalized spacial score (nSPS) is 13.6. The van der Waals surface area contributed by atoms with Crippen LogP contribution in [0.4, 0.5) is 5.00 Å². The van der Waals surface area contributed by atoms with Crippen molar-refractivity contribution in [3.63, 3.8) is 0 Å². The second kappa shape index (κ2) is 5.07. The van der Waals surface area contributed by atoms with Crippen molar-refractivity contribution in [1.82, 2.24) is 4.98 Å². The Morgan fingerprint density at radius 2 is 2.31 bits per heavy atom. The zero-order valence-electron chi connectivity index (χ0n) is 8.29. The van der Waals surface area contributed by atoms with Crippen molar-refractivity contribution in [2.75, 3.05) is 5.88 Å². The summed E-state index contributed by atoms with van der Waals surface area (Å²) in [6.07, 6.45) is 1.24. The molecule has 0 fully saturated rings. The van der Waals surface area contributed by atoms with E-state index >= 15 is 0 Å². The summed E-state index contributed by atoms with van der Waals surface area (Å²) < 4.78 is 23.4. The maximum Gasteiger partial charge on any atom is 0.344 e. The lowest BCUT2D eigenvalue weighted by atomic mass is 10.4. The summed E-state index contributed by atoms with van der Waals surface area (Å²) >= 11 is 6.02. The average Bonchev–Trinajstić information content (AvgIpc) is 2.67. The molecule has 1 rings (SSSR count). The van der Waals surface area contributed by atoms with E-state index in [9.17, 15) is 18.5 Å². The third-order valence-corrected chi connectivity index (χ3v) is 5.74. The SMILES string of the molecule is CC(CCCl)S(=O)(=O)c1ncc([N+](=O)[O-])s1. The molecule has 0 bridgehead atoms. The fourth-order valence-corrected chi connectivity index (χ4v) is 4.05. The molecule has 1 unspecified atom stereocenters. The van der Waals surface area contributed by atoms with Crippen LogP contribution in [-0.4, -0.2) is 29.5 Å². The molecular weight excluding hydrogens is 276 g/mol. The van der Waals surface area contributed by atoms with Crippen LogP contribution < -0.4 is 0 Å². The van der Waals surface area contributed by atoms with Gasteiger partial charge in [-0.3, -0.25) is 10.1 Å². The fraction of sp³-hybridized carbons (Fsp3) is 0.571. The van der Waals surface area contributed by atoms with Gasteiger partial charge in [-0.15, -0.1) is 11.6 Å². The number of hydrogen-bond acceptors (Lipinski definition) is 6. The molecule has 0 aromatic carbocycles. The van der Waals surface area contributed by atoms with Crippen LogP contribution in [0.1, 0.15) is 13.3 Å². The van der Waals surface area contributed by atoms with Crippen molar-refractivity contribution in [2.45, 2.75) is 22.9 Å². The van der Waals surface area contributed by atoms with Gasteiger partial charge in [0.15, 0.2) is 0 Å². The lowest BCUT2D eigenvalue weighted by molar-refractivity contribution is -0.380. The maximum atomic E-state index is 11.8. The predicted molar refractivity (Wildman–Crippen MR) is 60.8 cm³/mol. The lowest BCUT2D eigenvalue weighted by Crippen LogP contribution is -2.18. The van der Waals surface area contributed by atoms with E-state index in [0.717, 1.165) is 6.20 Å². The van der Waals surface area contributed by atoms with Crippen molar-refractivity contribution in [3.8, 4) is 0 Å². The zero-order valence-corrected chi connectivity index (χ0v) is 10.7. The topological polar surface area (TPSA) is 90.2 Å². The molecule has 0 aliphatic heterocycles. The number of halogens is 1. The van der Waals surface area contributed by atoms with Gasteiger partial charge in [0.2, 0.25) is 14.2 Å². The summed E-state index contributed by atoms with van der Waals surface area (Å²) in [5.74, 6) is 0.216. The lowest BCUT2D eigenvalue weighted by Gasteiger charge is -2.07. The van der Waals surface area contributed by atoms with Crippen molar-refractivity contribution >= 4 is 37.8 Å². The van der Waals surface area contributed by atoms with Crippen LogP contribution >= 0.6 is 22.9 Å². The Morgan fingerprint density at radius 1 is 1.69 bits per heavy atom. The molecule has 9 heteroatoms. The van der Waals surface area contributed by atoms with Crippen LogP contribution in [0.2, 0.25) is 0 Å². The smallest absolute Gasteiger partial charge is 0.257 e. The van der Waals surface area contributed by atoms with Crippen molar-refractivity contribution in [2.24, 2.45) is 0 Å². The maximum absolute atomic E-state index is 11.8. The number of sulfone groups is 1. The number of aromatic nitrogens is 1. The van der Waals surface area contributed by atoms with Gasteiger partial charge in [0.05, 0.1) is 10.2 Å². The van der Waals surface area contributed by atoms with E-state index in [0.29, 0.717) is 11.3 Å². The highest BCUT2D eigenvalue weighted by Crippen LogP contribution is 2.28. The summed E-state index contributed by atoms with van der Waals surface area (Å²) in [6.45, 7) is 1.50. The molecule has 0 amide bonds. The molecule has 0 aliphatic carbocycles. The first kappa shape index (κ1) is 13.3. The summed E-state index contributed by atoms with van der Waals surface area (Å²) in [7, 11) is -3.60. The first-order valence-corrected chi connectivity index (χ1v) is 7.19. The number of nitrogens with zero attached hydrogens (tertiary/aromatic N) is 2. The second-order valence-electron chi connectivity index (χ2n) is 3.05. The second-order valence-corrected chi connectivity index (χ2v) is 6.98. The summed E-state index contributed by atoms with van der Waals surface area (Å²) in [5, 5.41) is 9.43. The van der Waals surface area contributed by atoms with Crippen LogP contribution in [0.3, 0.4) is 0 Å². The Morgan fingerprint density at radius 3 is 2.75 bits per heavy atom. The number of nitro groups is 1. The molecule has 0 spiro atoms. The molecule has 90 valence electrons. The molecule has 0 radical (unpaired) electrons. The van der Waals surface area contributed by atoms with E-state index < -0.39 is 20.0 Å². The van der Waals surface area contributed by atoms with Crippen LogP contribution in [0.5, 0.6) is 0 Å². The van der Waals surface area contributed by atoms with E-state index in [4.69, 9.17) is 11.6 Å². The summed E-state index contributed by atoms with van der Waals surface area (Å²) in [6, 6.07) is 0. The first-order valence-electron chi connectivity index (χ1n) is 4.29. The standard InChI is InChI=1S/C7H9ClN2O4S2/c1-5(2-3-8)16(13,14)7-9-4-6(15-7)10(11)12/h4-5H,2-3H2,1H3. The molecule has 1 aromatic heterocycles. The Bertz CT molecular complexity index is 484. The van der Waals surface area contributed by atoms with Gasteiger partial charge in [-0.1, -0.05) is 0 Å². The Balaban J connectivity index is 3.03. The average molecular weight is 285 g/mol. The van der Waals surface area contributed by atoms with E-state index in [1.54, 1.807) is 0 Å². The van der Waals surface area contributed by atoms with Crippen LogP contribution in [0.15, 0.2) is 10.5 Å². The Kier molecular flexibility index (Phi) is 4.22. The molecule has 0 saturated heterocycles. The minimum absolute atomic E-state index is 0.216. The minimum atomic E-state index is -3.60. The van der Waals surface area contributed by atoms with Gasteiger partial charge < -0.3 is 0 Å². The van der Waals surface area contributed by atoms with Gasteiger partial charge in [0.1, 0.15) is 6.20 Å². The zero-order chi connectivity index (χ0) is 12.3. The molecule has 0 N–H and O–H groups in total. The molecule has 1 aromatic rings. The number of rotatable bonds is 5. The van der Waals surface area contributed by atoms with Gasteiger partial charge in [-0.05, 0) is 24.7 Å². The third kappa shape index (κ3) is 2.69. The predicted octanol–water partition coefficient (Wildman–Crippen LogP) is 1.84. The Labute approximate surface area is 101 Å². The van der Waals surface area contributed by atoms with E-state index in [1.165, 1.54) is 6.92 Å². The largest absolute Gasteiger partial charge is 0.344 e. The highest BCUT2D eigenvalue weighted by molar-refractivity contribution is 7.94. The van der Waals surface area contributed by atoms with E-state index in [2.05, 4.69) is 4.98 Å². The van der Waals surface area contributed by atoms with E-state index in [1.807, 2.05) is 0 Å². The number of thiazole rings is 1. The molecule has 0 saturated carbocycles. The van der Waals surface area contributed by atoms with Gasteiger partial charge >= 0.3 is 5.00 Å². The summed E-state index contributed by atoms with van der Waals surface area (Å²) in [5.41, 5.74) is 0. The van der Waals surface area contributed by atoms with Crippen LogP contribution in [0.25, 0.3) is 0 Å². The highest BCUT2D eigenvalue weighted by atomic mass is 35.5. The highest BCUT2D eigenvalue weighted by Gasteiger charge is 2.28. The van der Waals surface area contributed by atoms with Gasteiger partial charge in [-0.25, -0.2) is 13.4 Å². The monoisotopic (exact) mass is 284 g/mol. The molecular formula is C7H9ClN2O4S2. The first-order chi connectivity index (χ1) is 7.39. The fourth-order valence-electron chi connectivity index (χ4n) is 0.947. The van der Waals surface area contributed by atoms with Gasteiger partial charge in [0, 0.05) is 5.88 Å². The van der Waals surface area contributed by atoms with Gasteiger partial charge in [0.25, 0.3) is 0 Å². The Hall–Kier alpha value is -0.730. The van der Waals surface area contributed by atoms with Crippen LogP contribution in [-0.2, 0) is 9.84 Å². The quantitative estimate of drug-likeness (QED) is 0.467. The summed E-state index contributed by atoms with van der Waals surface area (Å²) in [4.78, 5) is 13.3. The number of hydrogen-bond donors (Lipinski definition) is 0. The number of alkyl halides is 1. The van der Waals surface area contributed by atoms with Crippen molar-refractivity contribution < 1.29 is 13.3 Å².